The van der Waals surface area contributed by atoms with Crippen LogP contribution in [0.5, 0.6) is 0 Å². The molecule has 4 heteroatoms. The van der Waals surface area contributed by atoms with Crippen molar-refractivity contribution < 1.29 is 0 Å². The Morgan fingerprint density at radius 2 is 1.00 bits per heavy atom. The van der Waals surface area contributed by atoms with Gasteiger partial charge in [0.25, 0.3) is 0 Å². The predicted molar refractivity (Wildman–Crippen MR) is 166 cm³/mol. The summed E-state index contributed by atoms with van der Waals surface area (Å²) in [4.78, 5) is 9.48. The van der Waals surface area contributed by atoms with Crippen LogP contribution in [0, 0.1) is 0 Å². The molecule has 5 aromatic carbocycles. The Labute approximate surface area is 229 Å². The maximum absolute atomic E-state index is 4.88. The first-order valence-electron chi connectivity index (χ1n) is 13.5. The number of hydrogen-bond acceptors (Lipinski definition) is 2. The molecule has 0 unspecified atom stereocenters. The first kappa shape index (κ1) is 21.5. The lowest BCUT2D eigenvalue weighted by atomic mass is 10.0. The van der Waals surface area contributed by atoms with Crippen molar-refractivity contribution in [3.63, 3.8) is 0 Å². The molecule has 4 aromatic heterocycles. The fraction of sp³-hybridized carbons (Fsp3) is 0. The summed E-state index contributed by atoms with van der Waals surface area (Å²) in [5.41, 5.74) is 6.80. The lowest BCUT2D eigenvalue weighted by molar-refractivity contribution is 1.10. The Kier molecular flexibility index (Phi) is 4.30. The summed E-state index contributed by atoms with van der Waals surface area (Å²) in [7, 11) is 0. The lowest BCUT2D eigenvalue weighted by Crippen LogP contribution is -1.99. The maximum Gasteiger partial charge on any atom is 0.147 e. The zero-order valence-corrected chi connectivity index (χ0v) is 21.5. The Morgan fingerprint density at radius 3 is 1.75 bits per heavy atom. The molecule has 9 aromatic rings. The lowest BCUT2D eigenvalue weighted by Gasteiger charge is -2.11. The minimum absolute atomic E-state index is 0.899. The molecule has 0 fully saturated rings. The summed E-state index contributed by atoms with van der Waals surface area (Å²) in [6.07, 6.45) is 3.69. The predicted octanol–water partition coefficient (Wildman–Crippen LogP) is 8.98. The summed E-state index contributed by atoms with van der Waals surface area (Å²) in [6.45, 7) is 0. The number of aromatic nitrogens is 4. The summed E-state index contributed by atoms with van der Waals surface area (Å²) in [6, 6.07) is 43.4. The number of para-hydroxylation sites is 3. The highest BCUT2D eigenvalue weighted by atomic mass is 15.1. The molecule has 40 heavy (non-hydrogen) atoms. The van der Waals surface area contributed by atoms with E-state index in [0.717, 1.165) is 33.4 Å². The smallest absolute Gasteiger partial charge is 0.147 e. The van der Waals surface area contributed by atoms with Crippen LogP contribution in [0.15, 0.2) is 134 Å². The van der Waals surface area contributed by atoms with Crippen LogP contribution in [0.25, 0.3) is 76.8 Å². The molecule has 186 valence electrons. The van der Waals surface area contributed by atoms with Gasteiger partial charge < -0.3 is 4.57 Å². The Bertz CT molecular complexity index is 2430. The van der Waals surface area contributed by atoms with Crippen LogP contribution in [0.2, 0.25) is 0 Å². The number of pyridine rings is 2. The summed E-state index contributed by atoms with van der Waals surface area (Å²) in [5.74, 6) is 0.899. The van der Waals surface area contributed by atoms with Gasteiger partial charge in [0.2, 0.25) is 0 Å². The van der Waals surface area contributed by atoms with Crippen molar-refractivity contribution in [3.8, 4) is 11.5 Å². The van der Waals surface area contributed by atoms with Gasteiger partial charge in [-0.2, -0.15) is 0 Å². The van der Waals surface area contributed by atoms with E-state index in [9.17, 15) is 0 Å². The molecule has 0 bridgehead atoms. The standard InChI is InChI=1S/C36H22N4/c1-2-9-25(10-3-1)39-32-14-6-4-11-26(32)29-19-23-20-30-27-12-5-7-15-33(27)40(35(30)22-24(23)21-34(29)39)36-28-13-8-17-37-31(28)16-18-38-36/h1-22H. The molecule has 9 rings (SSSR count). The van der Waals surface area contributed by atoms with Crippen molar-refractivity contribution >= 4 is 65.3 Å². The Hall–Kier alpha value is -5.48. The molecule has 0 saturated carbocycles. The Morgan fingerprint density at radius 1 is 0.400 bits per heavy atom. The van der Waals surface area contributed by atoms with Crippen LogP contribution in [-0.4, -0.2) is 19.1 Å². The molecule has 0 amide bonds. The first-order valence-corrected chi connectivity index (χ1v) is 13.5. The van der Waals surface area contributed by atoms with Gasteiger partial charge in [-0.05, 0) is 77.5 Å². The molecule has 0 saturated heterocycles. The zero-order valence-electron chi connectivity index (χ0n) is 21.5. The zero-order chi connectivity index (χ0) is 26.2. The third kappa shape index (κ3) is 2.90. The number of nitrogens with zero attached hydrogens (tertiary/aromatic N) is 4. The van der Waals surface area contributed by atoms with Gasteiger partial charge in [-0.1, -0.05) is 54.6 Å². The second-order valence-electron chi connectivity index (χ2n) is 10.3. The van der Waals surface area contributed by atoms with Crippen LogP contribution in [0.3, 0.4) is 0 Å². The van der Waals surface area contributed by atoms with E-state index in [-0.39, 0.29) is 0 Å². The van der Waals surface area contributed by atoms with E-state index in [1.807, 2.05) is 24.5 Å². The van der Waals surface area contributed by atoms with Gasteiger partial charge in [0.1, 0.15) is 5.82 Å². The maximum atomic E-state index is 4.88. The minimum Gasteiger partial charge on any atom is -0.309 e. The van der Waals surface area contributed by atoms with Crippen LogP contribution < -0.4 is 0 Å². The van der Waals surface area contributed by atoms with Crippen molar-refractivity contribution in [1.82, 2.24) is 19.1 Å². The molecular weight excluding hydrogens is 488 g/mol. The van der Waals surface area contributed by atoms with Crippen LogP contribution in [0.4, 0.5) is 0 Å². The van der Waals surface area contributed by atoms with Gasteiger partial charge in [-0.15, -0.1) is 0 Å². The van der Waals surface area contributed by atoms with E-state index in [4.69, 9.17) is 4.98 Å². The molecule has 0 radical (unpaired) electrons. The molecule has 4 heterocycles. The number of rotatable bonds is 2. The van der Waals surface area contributed by atoms with Gasteiger partial charge in [0.15, 0.2) is 0 Å². The normalized spacial score (nSPS) is 12.0. The van der Waals surface area contributed by atoms with Crippen LogP contribution >= 0.6 is 0 Å². The topological polar surface area (TPSA) is 35.6 Å². The van der Waals surface area contributed by atoms with Crippen molar-refractivity contribution in [2.24, 2.45) is 0 Å². The molecule has 0 N–H and O–H groups in total. The number of benzene rings is 5. The molecule has 0 aliphatic heterocycles. The van der Waals surface area contributed by atoms with E-state index < -0.39 is 0 Å². The highest BCUT2D eigenvalue weighted by molar-refractivity contribution is 6.18. The van der Waals surface area contributed by atoms with E-state index in [2.05, 4.69) is 123 Å². The molecule has 0 atom stereocenters. The van der Waals surface area contributed by atoms with E-state index >= 15 is 0 Å². The second-order valence-corrected chi connectivity index (χ2v) is 10.3. The SMILES string of the molecule is c1ccc(-n2c3ccccc3c3cc4cc5c6ccccc6n(-c6nccc7ncccc67)c5cc4cc32)cc1. The quantitative estimate of drug-likeness (QED) is 0.233. The van der Waals surface area contributed by atoms with Crippen LogP contribution in [-0.2, 0) is 0 Å². The molecule has 0 aliphatic carbocycles. The van der Waals surface area contributed by atoms with Gasteiger partial charge >= 0.3 is 0 Å². The van der Waals surface area contributed by atoms with Crippen molar-refractivity contribution in [3.05, 3.63) is 134 Å². The summed E-state index contributed by atoms with van der Waals surface area (Å²) < 4.78 is 4.67. The van der Waals surface area contributed by atoms with E-state index in [1.165, 1.54) is 43.4 Å². The van der Waals surface area contributed by atoms with Gasteiger partial charge in [-0.3, -0.25) is 9.55 Å². The highest BCUT2D eigenvalue weighted by Gasteiger charge is 2.18. The third-order valence-corrected chi connectivity index (χ3v) is 8.16. The summed E-state index contributed by atoms with van der Waals surface area (Å²) in [5, 5.41) is 8.42. The average Bonchev–Trinajstić information content (AvgIpc) is 3.51. The number of hydrogen-bond donors (Lipinski definition) is 0. The van der Waals surface area contributed by atoms with Crippen molar-refractivity contribution in [2.45, 2.75) is 0 Å². The minimum atomic E-state index is 0.899. The van der Waals surface area contributed by atoms with Gasteiger partial charge in [0.05, 0.1) is 27.6 Å². The van der Waals surface area contributed by atoms with Crippen LogP contribution in [0.1, 0.15) is 0 Å². The Balaban J connectivity index is 1.44. The average molecular weight is 511 g/mol. The largest absolute Gasteiger partial charge is 0.309 e. The first-order chi connectivity index (χ1) is 19.8. The van der Waals surface area contributed by atoms with E-state index in [0.29, 0.717) is 0 Å². The second kappa shape index (κ2) is 8.01. The monoisotopic (exact) mass is 510 g/mol. The summed E-state index contributed by atoms with van der Waals surface area (Å²) >= 11 is 0. The molecule has 0 aliphatic rings. The third-order valence-electron chi connectivity index (χ3n) is 8.16. The highest BCUT2D eigenvalue weighted by Crippen LogP contribution is 2.39. The fourth-order valence-corrected chi connectivity index (χ4v) is 6.43. The molecule has 4 nitrogen and oxygen atoms in total. The fourth-order valence-electron chi connectivity index (χ4n) is 6.43. The van der Waals surface area contributed by atoms with E-state index in [1.54, 1.807) is 0 Å². The molecular formula is C36H22N4. The van der Waals surface area contributed by atoms with Gasteiger partial charge in [-0.25, -0.2) is 4.98 Å². The number of fused-ring (bicyclic) bond motifs is 8. The van der Waals surface area contributed by atoms with Crippen molar-refractivity contribution in [2.75, 3.05) is 0 Å². The molecule has 0 spiro atoms. The van der Waals surface area contributed by atoms with Gasteiger partial charge in [0, 0.05) is 45.0 Å². The van der Waals surface area contributed by atoms with Crippen molar-refractivity contribution in [1.29, 1.82) is 0 Å².